The van der Waals surface area contributed by atoms with Gasteiger partial charge in [-0.25, -0.2) is 0 Å². The number of H-pyrrole nitrogens is 1. The van der Waals surface area contributed by atoms with Crippen molar-refractivity contribution in [2.75, 3.05) is 5.73 Å². The number of nitrogen functional groups attached to an aromatic ring is 1. The molecule has 0 unspecified atom stereocenters. The van der Waals surface area contributed by atoms with E-state index in [0.717, 1.165) is 0 Å². The largest absolute Gasteiger partial charge is 0.385 e. The third kappa shape index (κ3) is 3.60. The number of carbonyl (C=O) groups excluding carboxylic acids is 2. The maximum atomic E-state index is 13.2. The van der Waals surface area contributed by atoms with Gasteiger partial charge >= 0.3 is 0 Å². The van der Waals surface area contributed by atoms with Crippen LogP contribution in [0.1, 0.15) is 31.3 Å². The van der Waals surface area contributed by atoms with Crippen molar-refractivity contribution < 1.29 is 9.59 Å². The van der Waals surface area contributed by atoms with Gasteiger partial charge < -0.3 is 10.7 Å². The molecule has 2 aromatic carbocycles. The number of benzene rings is 2. The first-order chi connectivity index (χ1) is 14.0. The quantitative estimate of drug-likeness (QED) is 0.368. The van der Waals surface area contributed by atoms with Crippen LogP contribution in [0.5, 0.6) is 0 Å². The fraction of sp³-hybridized carbons (Fsp3) is 0. The van der Waals surface area contributed by atoms with Crippen LogP contribution in [0.15, 0.2) is 66.0 Å². The summed E-state index contributed by atoms with van der Waals surface area (Å²) in [6.45, 7) is 0. The van der Waals surface area contributed by atoms with E-state index in [-0.39, 0.29) is 28.6 Å². The van der Waals surface area contributed by atoms with Crippen molar-refractivity contribution in [1.29, 1.82) is 0 Å². The highest BCUT2D eigenvalue weighted by Gasteiger charge is 2.29. The first kappa shape index (κ1) is 19.5. The van der Waals surface area contributed by atoms with Crippen LogP contribution in [0.25, 0.3) is 11.1 Å². The summed E-state index contributed by atoms with van der Waals surface area (Å²) in [6.07, 6.45) is 0. The molecule has 0 bridgehead atoms. The Morgan fingerprint density at radius 1 is 0.931 bits per heavy atom. The van der Waals surface area contributed by atoms with Crippen LogP contribution < -0.4 is 5.73 Å². The third-order valence-corrected chi connectivity index (χ3v) is 5.88. The molecule has 3 N–H and O–H groups in total. The van der Waals surface area contributed by atoms with E-state index in [1.807, 2.05) is 6.07 Å². The number of nitrogens with one attached hydrogen (secondary N) is 1. The summed E-state index contributed by atoms with van der Waals surface area (Å²) < 4.78 is 0. The summed E-state index contributed by atoms with van der Waals surface area (Å²) in [5, 5.41) is 2.57. The summed E-state index contributed by atoms with van der Waals surface area (Å²) >= 11 is 13.8. The van der Waals surface area contributed by atoms with Crippen molar-refractivity contribution >= 4 is 51.9 Å². The number of rotatable bonds is 5. The lowest BCUT2D eigenvalue weighted by atomic mass is 9.94. The summed E-state index contributed by atoms with van der Waals surface area (Å²) in [7, 11) is 0. The number of aromatic amines is 1. The van der Waals surface area contributed by atoms with E-state index in [9.17, 15) is 9.59 Å². The van der Waals surface area contributed by atoms with Gasteiger partial charge in [0.05, 0.1) is 16.1 Å². The van der Waals surface area contributed by atoms with Crippen LogP contribution >= 0.6 is 34.5 Å². The molecule has 0 radical (unpaired) electrons. The van der Waals surface area contributed by atoms with E-state index in [1.165, 1.54) is 11.3 Å². The predicted molar refractivity (Wildman–Crippen MR) is 118 cm³/mol. The zero-order valence-corrected chi connectivity index (χ0v) is 17.2. The molecule has 0 fully saturated rings. The Balaban J connectivity index is 1.98. The van der Waals surface area contributed by atoms with Gasteiger partial charge in [-0.3, -0.25) is 9.59 Å². The van der Waals surface area contributed by atoms with Crippen molar-refractivity contribution in [1.82, 2.24) is 4.98 Å². The maximum Gasteiger partial charge on any atom is 0.209 e. The lowest BCUT2D eigenvalue weighted by Gasteiger charge is -2.09. The topological polar surface area (TPSA) is 76.0 Å². The highest BCUT2D eigenvalue weighted by Crippen LogP contribution is 2.39. The number of hydrogen-bond donors (Lipinski definition) is 2. The van der Waals surface area contributed by atoms with E-state index < -0.39 is 0 Å². The summed E-state index contributed by atoms with van der Waals surface area (Å²) in [5.74, 6) is -0.450. The molecule has 0 saturated heterocycles. The fourth-order valence-corrected chi connectivity index (χ4v) is 4.32. The van der Waals surface area contributed by atoms with Crippen LogP contribution in [0.4, 0.5) is 5.82 Å². The second-order valence-corrected chi connectivity index (χ2v) is 8.08. The van der Waals surface area contributed by atoms with Gasteiger partial charge in [0.15, 0.2) is 0 Å². The SMILES string of the molecule is Nc1[nH]c(C(=O)c2ccccc2)c(-c2ccc(Cl)cc2Cl)c1C(=O)c1cccs1. The predicted octanol–water partition coefficient (Wildman–Crippen LogP) is 6.09. The smallest absolute Gasteiger partial charge is 0.209 e. The van der Waals surface area contributed by atoms with E-state index in [2.05, 4.69) is 4.98 Å². The Morgan fingerprint density at radius 3 is 2.34 bits per heavy atom. The Hall–Kier alpha value is -2.86. The number of carbonyl (C=O) groups is 2. The van der Waals surface area contributed by atoms with Crippen molar-refractivity contribution in [3.63, 3.8) is 0 Å². The molecular formula is C22H14Cl2N2O2S. The van der Waals surface area contributed by atoms with Gasteiger partial charge in [0.25, 0.3) is 0 Å². The number of halogens is 2. The van der Waals surface area contributed by atoms with Crippen molar-refractivity contribution in [2.45, 2.75) is 0 Å². The van der Waals surface area contributed by atoms with Crippen LogP contribution in [0.2, 0.25) is 10.0 Å². The second kappa shape index (κ2) is 7.87. The molecule has 0 spiro atoms. The van der Waals surface area contributed by atoms with Crippen molar-refractivity contribution in [3.8, 4) is 11.1 Å². The van der Waals surface area contributed by atoms with E-state index in [4.69, 9.17) is 28.9 Å². The molecule has 2 aromatic heterocycles. The number of thiophene rings is 1. The van der Waals surface area contributed by atoms with Gasteiger partial charge in [-0.1, -0.05) is 65.7 Å². The van der Waals surface area contributed by atoms with E-state index in [0.29, 0.717) is 31.6 Å². The lowest BCUT2D eigenvalue weighted by Crippen LogP contribution is -2.06. The number of ketones is 2. The minimum absolute atomic E-state index is 0.115. The molecule has 0 atom stereocenters. The van der Waals surface area contributed by atoms with Crippen LogP contribution in [-0.2, 0) is 0 Å². The van der Waals surface area contributed by atoms with E-state index >= 15 is 0 Å². The number of hydrogen-bond acceptors (Lipinski definition) is 4. The minimum Gasteiger partial charge on any atom is -0.385 e. The van der Waals surface area contributed by atoms with Gasteiger partial charge in [-0.05, 0) is 23.6 Å². The van der Waals surface area contributed by atoms with Crippen LogP contribution in [0, 0.1) is 0 Å². The van der Waals surface area contributed by atoms with Gasteiger partial charge in [0.2, 0.25) is 11.6 Å². The Labute approximate surface area is 180 Å². The summed E-state index contributed by atoms with van der Waals surface area (Å²) in [6, 6.07) is 17.2. The molecule has 4 aromatic rings. The molecule has 4 nitrogen and oxygen atoms in total. The van der Waals surface area contributed by atoms with Gasteiger partial charge in [0, 0.05) is 26.7 Å². The molecule has 2 heterocycles. The number of nitrogens with two attached hydrogens (primary N) is 1. The molecule has 0 aliphatic carbocycles. The summed E-state index contributed by atoms with van der Waals surface area (Å²) in [4.78, 5) is 29.9. The zero-order valence-electron chi connectivity index (χ0n) is 14.9. The maximum absolute atomic E-state index is 13.2. The molecule has 4 rings (SSSR count). The molecule has 7 heteroatoms. The number of aromatic nitrogens is 1. The normalized spacial score (nSPS) is 10.8. The fourth-order valence-electron chi connectivity index (χ4n) is 3.15. The second-order valence-electron chi connectivity index (χ2n) is 6.29. The average Bonchev–Trinajstić information content (AvgIpc) is 3.36. The number of anilines is 1. The van der Waals surface area contributed by atoms with Gasteiger partial charge in [0.1, 0.15) is 5.82 Å². The van der Waals surface area contributed by atoms with Crippen molar-refractivity contribution in [2.24, 2.45) is 0 Å². The first-order valence-electron chi connectivity index (χ1n) is 8.62. The highest BCUT2D eigenvalue weighted by atomic mass is 35.5. The minimum atomic E-state index is -0.288. The zero-order chi connectivity index (χ0) is 20.5. The molecule has 0 amide bonds. The monoisotopic (exact) mass is 440 g/mol. The standard InChI is InChI=1S/C22H14Cl2N2O2S/c23-13-8-9-14(15(24)11-13)17-18(21(28)16-7-4-10-29-16)22(25)26-19(17)20(27)12-5-2-1-3-6-12/h1-11,26H,25H2. The van der Waals surface area contributed by atoms with Crippen molar-refractivity contribution in [3.05, 3.63) is 97.8 Å². The molecule has 0 aliphatic heterocycles. The average molecular weight is 441 g/mol. The van der Waals surface area contributed by atoms with Gasteiger partial charge in [-0.15, -0.1) is 11.3 Å². The Kier molecular flexibility index (Phi) is 5.28. The third-order valence-electron chi connectivity index (χ3n) is 4.46. The molecular weight excluding hydrogens is 427 g/mol. The first-order valence-corrected chi connectivity index (χ1v) is 10.3. The lowest BCUT2D eigenvalue weighted by molar-refractivity contribution is 0.103. The van der Waals surface area contributed by atoms with E-state index in [1.54, 1.807) is 60.0 Å². The van der Waals surface area contributed by atoms with Gasteiger partial charge in [-0.2, -0.15) is 0 Å². The molecule has 29 heavy (non-hydrogen) atoms. The Morgan fingerprint density at radius 2 is 1.69 bits per heavy atom. The molecule has 0 saturated carbocycles. The van der Waals surface area contributed by atoms with Crippen LogP contribution in [-0.4, -0.2) is 16.6 Å². The molecule has 144 valence electrons. The van der Waals surface area contributed by atoms with Crippen LogP contribution in [0.3, 0.4) is 0 Å². The molecule has 0 aliphatic rings. The highest BCUT2D eigenvalue weighted by molar-refractivity contribution is 7.12. The Bertz CT molecular complexity index is 1220. The summed E-state index contributed by atoms with van der Waals surface area (Å²) in [5.41, 5.74) is 7.96.